The minimum atomic E-state index is -1.24. The molecule has 0 aliphatic carbocycles. The first-order valence-corrected chi connectivity index (χ1v) is 5.32. The Balaban J connectivity index is 4.66. The Kier molecular flexibility index (Phi) is 5.08. The Morgan fingerprint density at radius 1 is 1.40 bits per heavy atom. The van der Waals surface area contributed by atoms with E-state index in [0.29, 0.717) is 6.42 Å². The maximum atomic E-state index is 11.3. The monoisotopic (exact) mass is 235 g/mol. The smallest absolute Gasteiger partial charge is 0.329 e. The summed E-state index contributed by atoms with van der Waals surface area (Å²) in [5.74, 6) is -1.32. The topological polar surface area (TPSA) is 66.4 Å². The van der Waals surface area contributed by atoms with E-state index in [1.54, 1.807) is 0 Å². The molecule has 0 aromatic carbocycles. The average Bonchev–Trinajstić information content (AvgIpc) is 2.01. The Bertz CT molecular complexity index is 253. The molecule has 0 saturated carbocycles. The molecule has 0 aromatic heterocycles. The fourth-order valence-corrected chi connectivity index (χ4v) is 1.43. The maximum Gasteiger partial charge on any atom is 0.329 e. The lowest BCUT2D eigenvalue weighted by molar-refractivity contribution is -0.147. The molecule has 0 rings (SSSR count). The van der Waals surface area contributed by atoms with Gasteiger partial charge in [0, 0.05) is 0 Å². The summed E-state index contributed by atoms with van der Waals surface area (Å²) >= 11 is 5.57. The summed E-state index contributed by atoms with van der Waals surface area (Å²) in [6.45, 7) is 6.80. The van der Waals surface area contributed by atoms with Crippen LogP contribution in [-0.2, 0) is 9.59 Å². The highest BCUT2D eigenvalue weighted by Crippen LogP contribution is 2.17. The van der Waals surface area contributed by atoms with E-state index in [4.69, 9.17) is 16.7 Å². The van der Waals surface area contributed by atoms with Gasteiger partial charge in [-0.05, 0) is 26.2 Å². The molecule has 88 valence electrons. The largest absolute Gasteiger partial charge is 0.480 e. The zero-order chi connectivity index (χ0) is 12.2. The lowest BCUT2D eigenvalue weighted by Gasteiger charge is -2.28. The molecule has 0 heterocycles. The van der Waals surface area contributed by atoms with Crippen LogP contribution in [-0.4, -0.2) is 27.9 Å². The van der Waals surface area contributed by atoms with Crippen molar-refractivity contribution in [1.29, 1.82) is 0 Å². The van der Waals surface area contributed by atoms with Gasteiger partial charge in [-0.25, -0.2) is 4.79 Å². The first-order valence-electron chi connectivity index (χ1n) is 4.88. The lowest BCUT2D eigenvalue weighted by atomic mass is 9.90. The average molecular weight is 236 g/mol. The van der Waals surface area contributed by atoms with Crippen LogP contribution in [0.5, 0.6) is 0 Å². The molecular formula is C10H18ClNO3. The van der Waals surface area contributed by atoms with Crippen LogP contribution in [0.4, 0.5) is 0 Å². The van der Waals surface area contributed by atoms with Crippen LogP contribution in [0.1, 0.15) is 34.1 Å². The normalized spacial score (nSPS) is 16.9. The highest BCUT2D eigenvalue weighted by Gasteiger charge is 2.36. The third-order valence-corrected chi connectivity index (χ3v) is 2.25. The Morgan fingerprint density at radius 3 is 2.13 bits per heavy atom. The van der Waals surface area contributed by atoms with Gasteiger partial charge in [-0.2, -0.15) is 0 Å². The van der Waals surface area contributed by atoms with E-state index in [0.717, 1.165) is 0 Å². The van der Waals surface area contributed by atoms with Crippen molar-refractivity contribution in [2.75, 3.05) is 0 Å². The number of carboxylic acids is 1. The van der Waals surface area contributed by atoms with Crippen molar-refractivity contribution >= 4 is 23.5 Å². The molecular weight excluding hydrogens is 218 g/mol. The van der Waals surface area contributed by atoms with Crippen LogP contribution in [0.2, 0.25) is 0 Å². The Labute approximate surface area is 95.0 Å². The van der Waals surface area contributed by atoms with Gasteiger partial charge in [0.2, 0.25) is 5.91 Å². The number of carbonyl (C=O) groups is 2. The summed E-state index contributed by atoms with van der Waals surface area (Å²) < 4.78 is 0. The van der Waals surface area contributed by atoms with E-state index >= 15 is 0 Å². The van der Waals surface area contributed by atoms with E-state index in [2.05, 4.69) is 5.32 Å². The van der Waals surface area contributed by atoms with Crippen molar-refractivity contribution in [1.82, 2.24) is 5.32 Å². The molecule has 2 unspecified atom stereocenters. The summed E-state index contributed by atoms with van der Waals surface area (Å²) in [5.41, 5.74) is -1.24. The van der Waals surface area contributed by atoms with Crippen molar-refractivity contribution in [3.05, 3.63) is 0 Å². The van der Waals surface area contributed by atoms with Gasteiger partial charge in [-0.15, -0.1) is 11.6 Å². The molecule has 0 aromatic rings. The summed E-state index contributed by atoms with van der Waals surface area (Å²) in [6.07, 6.45) is 0.373. The fourth-order valence-electron chi connectivity index (χ4n) is 1.38. The molecule has 0 bridgehead atoms. The molecule has 0 spiro atoms. The SMILES string of the molecule is CC(C)CC(C)(NC(=O)C(C)Cl)C(=O)O. The van der Waals surface area contributed by atoms with Crippen molar-refractivity contribution in [3.8, 4) is 0 Å². The first-order chi connectivity index (χ1) is 6.69. The number of alkyl halides is 1. The Hall–Kier alpha value is -0.770. The third kappa shape index (κ3) is 4.51. The van der Waals surface area contributed by atoms with E-state index in [9.17, 15) is 9.59 Å². The van der Waals surface area contributed by atoms with Crippen LogP contribution in [0.3, 0.4) is 0 Å². The summed E-state index contributed by atoms with van der Waals surface area (Å²) in [5, 5.41) is 10.8. The van der Waals surface area contributed by atoms with Crippen molar-refractivity contribution in [2.45, 2.75) is 45.0 Å². The predicted octanol–water partition coefficient (Wildman–Crippen LogP) is 1.62. The number of amides is 1. The third-order valence-electron chi connectivity index (χ3n) is 2.05. The molecule has 2 N–H and O–H groups in total. The number of hydrogen-bond donors (Lipinski definition) is 2. The second kappa shape index (κ2) is 5.35. The van der Waals surface area contributed by atoms with Gasteiger partial charge in [0.1, 0.15) is 10.9 Å². The first kappa shape index (κ1) is 14.2. The molecule has 0 fully saturated rings. The van der Waals surface area contributed by atoms with Crippen LogP contribution in [0.15, 0.2) is 0 Å². The second-order valence-electron chi connectivity index (χ2n) is 4.34. The number of carbonyl (C=O) groups excluding carboxylic acids is 1. The number of nitrogens with one attached hydrogen (secondary N) is 1. The molecule has 0 aliphatic rings. The number of rotatable bonds is 5. The van der Waals surface area contributed by atoms with Crippen LogP contribution < -0.4 is 5.32 Å². The quantitative estimate of drug-likeness (QED) is 0.712. The molecule has 15 heavy (non-hydrogen) atoms. The second-order valence-corrected chi connectivity index (χ2v) is 5.00. The number of carboxylic acid groups (broad SMARTS) is 1. The van der Waals surface area contributed by atoms with Gasteiger partial charge in [0.25, 0.3) is 0 Å². The van der Waals surface area contributed by atoms with Crippen molar-refractivity contribution in [2.24, 2.45) is 5.92 Å². The van der Waals surface area contributed by atoms with Crippen LogP contribution in [0.25, 0.3) is 0 Å². The summed E-state index contributed by atoms with van der Waals surface area (Å²) in [7, 11) is 0. The molecule has 4 nitrogen and oxygen atoms in total. The zero-order valence-corrected chi connectivity index (χ0v) is 10.3. The standard InChI is InChI=1S/C10H18ClNO3/c1-6(2)5-10(4,9(14)15)12-8(13)7(3)11/h6-7H,5H2,1-4H3,(H,12,13)(H,14,15). The minimum absolute atomic E-state index is 0.178. The minimum Gasteiger partial charge on any atom is -0.480 e. The highest BCUT2D eigenvalue weighted by atomic mass is 35.5. The predicted molar refractivity (Wildman–Crippen MR) is 59.0 cm³/mol. The van der Waals surface area contributed by atoms with Crippen LogP contribution >= 0.6 is 11.6 Å². The van der Waals surface area contributed by atoms with Crippen molar-refractivity contribution < 1.29 is 14.7 Å². The van der Waals surface area contributed by atoms with E-state index in [1.807, 2.05) is 13.8 Å². The molecule has 0 saturated heterocycles. The number of halogens is 1. The van der Waals surface area contributed by atoms with Gasteiger partial charge < -0.3 is 10.4 Å². The maximum absolute atomic E-state index is 11.3. The van der Waals surface area contributed by atoms with E-state index in [1.165, 1.54) is 13.8 Å². The van der Waals surface area contributed by atoms with Gasteiger partial charge >= 0.3 is 5.97 Å². The molecule has 2 atom stereocenters. The summed E-state index contributed by atoms with van der Waals surface area (Å²) in [6, 6.07) is 0. The molecule has 1 amide bonds. The van der Waals surface area contributed by atoms with E-state index < -0.39 is 22.8 Å². The van der Waals surface area contributed by atoms with Gasteiger partial charge in [0.15, 0.2) is 0 Å². The fraction of sp³-hybridized carbons (Fsp3) is 0.800. The Morgan fingerprint density at radius 2 is 1.87 bits per heavy atom. The molecule has 5 heteroatoms. The summed E-state index contributed by atoms with van der Waals surface area (Å²) in [4.78, 5) is 22.4. The number of hydrogen-bond acceptors (Lipinski definition) is 2. The van der Waals surface area contributed by atoms with Gasteiger partial charge in [0.05, 0.1) is 0 Å². The zero-order valence-electron chi connectivity index (χ0n) is 9.50. The lowest BCUT2D eigenvalue weighted by Crippen LogP contribution is -2.54. The van der Waals surface area contributed by atoms with E-state index in [-0.39, 0.29) is 5.92 Å². The molecule has 0 aliphatic heterocycles. The highest BCUT2D eigenvalue weighted by molar-refractivity contribution is 6.30. The van der Waals surface area contributed by atoms with Crippen LogP contribution in [0, 0.1) is 5.92 Å². The van der Waals surface area contributed by atoms with Crippen molar-refractivity contribution in [3.63, 3.8) is 0 Å². The van der Waals surface area contributed by atoms with Gasteiger partial charge in [-0.3, -0.25) is 4.79 Å². The number of aliphatic carboxylic acids is 1. The van der Waals surface area contributed by atoms with Gasteiger partial charge in [-0.1, -0.05) is 13.8 Å². The molecule has 0 radical (unpaired) electrons.